The van der Waals surface area contributed by atoms with Crippen LogP contribution in [0.25, 0.3) is 11.4 Å². The fourth-order valence-electron chi connectivity index (χ4n) is 1.80. The van der Waals surface area contributed by atoms with Gasteiger partial charge >= 0.3 is 0 Å². The van der Waals surface area contributed by atoms with Crippen LogP contribution in [0.4, 0.5) is 8.78 Å². The van der Waals surface area contributed by atoms with E-state index in [1.54, 1.807) is 0 Å². The molecule has 0 radical (unpaired) electrons. The molecule has 1 aromatic heterocycles. The summed E-state index contributed by atoms with van der Waals surface area (Å²) in [5.41, 5.74) is -0.166. The van der Waals surface area contributed by atoms with E-state index in [0.29, 0.717) is 12.8 Å². The molecule has 106 valence electrons. The van der Waals surface area contributed by atoms with E-state index >= 15 is 0 Å². The highest BCUT2D eigenvalue weighted by Gasteiger charge is 2.17. The van der Waals surface area contributed by atoms with Gasteiger partial charge in [0.1, 0.15) is 5.82 Å². The lowest BCUT2D eigenvalue weighted by Gasteiger charge is -2.08. The molecule has 0 bridgehead atoms. The van der Waals surface area contributed by atoms with Crippen molar-refractivity contribution in [2.75, 3.05) is 0 Å². The third kappa shape index (κ3) is 2.58. The zero-order chi connectivity index (χ0) is 14.9. The van der Waals surface area contributed by atoms with Crippen LogP contribution in [0, 0.1) is 11.6 Å². The van der Waals surface area contributed by atoms with E-state index in [4.69, 9.17) is 0 Å². The van der Waals surface area contributed by atoms with Crippen molar-refractivity contribution in [1.29, 1.82) is 0 Å². The van der Waals surface area contributed by atoms with E-state index in [2.05, 4.69) is 25.9 Å². The van der Waals surface area contributed by atoms with Crippen LogP contribution in [0.1, 0.15) is 18.9 Å². The number of benzene rings is 1. The van der Waals surface area contributed by atoms with Crippen molar-refractivity contribution in [3.63, 3.8) is 0 Å². The molecule has 20 heavy (non-hydrogen) atoms. The van der Waals surface area contributed by atoms with E-state index in [9.17, 15) is 18.7 Å². The molecule has 2 rings (SSSR count). The van der Waals surface area contributed by atoms with E-state index in [1.807, 2.05) is 6.92 Å². The van der Waals surface area contributed by atoms with Gasteiger partial charge in [0.05, 0.1) is 10.0 Å². The Labute approximate surface area is 121 Å². The smallest absolute Gasteiger partial charge is 0.258 e. The Morgan fingerprint density at radius 2 is 2.10 bits per heavy atom. The van der Waals surface area contributed by atoms with Gasteiger partial charge in [-0.05, 0) is 34.5 Å². The summed E-state index contributed by atoms with van der Waals surface area (Å²) >= 11 is 2.91. The standard InChI is InChI=1S/C13H11BrF2N2O2/c1-2-3-7-12(19)17-11(18-13(7)20)6-4-5-8(15)10(16)9(6)14/h4-5H,2-3H2,1H3,(H2,17,18,19,20). The van der Waals surface area contributed by atoms with E-state index < -0.39 is 23.1 Å². The Balaban J connectivity index is 2.60. The summed E-state index contributed by atoms with van der Waals surface area (Å²) < 4.78 is 26.4. The minimum Gasteiger partial charge on any atom is -0.493 e. The van der Waals surface area contributed by atoms with Crippen molar-refractivity contribution >= 4 is 15.9 Å². The van der Waals surface area contributed by atoms with Crippen LogP contribution in [-0.4, -0.2) is 15.1 Å². The van der Waals surface area contributed by atoms with Gasteiger partial charge in [0.25, 0.3) is 5.56 Å². The molecule has 0 amide bonds. The zero-order valence-electron chi connectivity index (χ0n) is 10.5. The summed E-state index contributed by atoms with van der Waals surface area (Å²) in [4.78, 5) is 18.1. The predicted octanol–water partition coefficient (Wildman–Crippen LogP) is 3.14. The SMILES string of the molecule is CCCc1c(O)nc(-c2ccc(F)c(F)c2Br)[nH]c1=O. The number of aromatic hydroxyl groups is 1. The largest absolute Gasteiger partial charge is 0.493 e. The third-order valence-electron chi connectivity index (χ3n) is 2.78. The van der Waals surface area contributed by atoms with Crippen LogP contribution in [0.5, 0.6) is 5.88 Å². The lowest BCUT2D eigenvalue weighted by molar-refractivity contribution is 0.443. The molecular formula is C13H11BrF2N2O2. The normalized spacial score (nSPS) is 10.8. The fraction of sp³-hybridized carbons (Fsp3) is 0.231. The highest BCUT2D eigenvalue weighted by atomic mass is 79.9. The average Bonchev–Trinajstić information content (AvgIpc) is 2.40. The summed E-state index contributed by atoms with van der Waals surface area (Å²) in [5, 5.41) is 9.77. The average molecular weight is 345 g/mol. The number of aromatic nitrogens is 2. The first-order chi connectivity index (χ1) is 9.45. The maximum absolute atomic E-state index is 13.5. The van der Waals surface area contributed by atoms with Crippen molar-refractivity contribution < 1.29 is 13.9 Å². The topological polar surface area (TPSA) is 66.0 Å². The fourth-order valence-corrected chi connectivity index (χ4v) is 2.31. The maximum Gasteiger partial charge on any atom is 0.258 e. The molecule has 0 aliphatic heterocycles. The molecule has 1 aromatic carbocycles. The molecule has 0 unspecified atom stereocenters. The molecule has 0 saturated carbocycles. The molecule has 2 aromatic rings. The third-order valence-corrected chi connectivity index (χ3v) is 3.56. The Morgan fingerprint density at radius 1 is 1.40 bits per heavy atom. The van der Waals surface area contributed by atoms with E-state index in [0.717, 1.165) is 6.07 Å². The molecule has 0 saturated heterocycles. The monoisotopic (exact) mass is 344 g/mol. The van der Waals surface area contributed by atoms with Gasteiger partial charge in [-0.15, -0.1) is 0 Å². The Kier molecular flexibility index (Phi) is 4.17. The molecule has 0 aliphatic rings. The van der Waals surface area contributed by atoms with Crippen molar-refractivity contribution in [2.24, 2.45) is 0 Å². The first-order valence-corrected chi connectivity index (χ1v) is 6.71. The number of nitrogens with one attached hydrogen (secondary N) is 1. The van der Waals surface area contributed by atoms with Gasteiger partial charge in [0.15, 0.2) is 11.6 Å². The van der Waals surface area contributed by atoms with Crippen molar-refractivity contribution in [1.82, 2.24) is 9.97 Å². The number of hydrogen-bond acceptors (Lipinski definition) is 3. The quantitative estimate of drug-likeness (QED) is 0.840. The highest BCUT2D eigenvalue weighted by Crippen LogP contribution is 2.30. The van der Waals surface area contributed by atoms with Crippen LogP contribution in [-0.2, 0) is 6.42 Å². The second kappa shape index (κ2) is 5.70. The number of hydrogen-bond donors (Lipinski definition) is 2. The molecule has 1 heterocycles. The number of rotatable bonds is 3. The summed E-state index contributed by atoms with van der Waals surface area (Å²) in [7, 11) is 0. The Hall–Kier alpha value is -1.76. The highest BCUT2D eigenvalue weighted by molar-refractivity contribution is 9.10. The van der Waals surface area contributed by atoms with Gasteiger partial charge in [-0.1, -0.05) is 13.3 Å². The van der Waals surface area contributed by atoms with Crippen molar-refractivity contribution in [3.05, 3.63) is 44.2 Å². The number of H-pyrrole nitrogens is 1. The second-order valence-corrected chi connectivity index (χ2v) is 4.98. The molecule has 2 N–H and O–H groups in total. The lowest BCUT2D eigenvalue weighted by Crippen LogP contribution is -2.15. The molecule has 0 aliphatic carbocycles. The van der Waals surface area contributed by atoms with Gasteiger partial charge in [-0.3, -0.25) is 4.79 Å². The molecule has 0 spiro atoms. The van der Waals surface area contributed by atoms with Crippen LogP contribution < -0.4 is 5.56 Å². The summed E-state index contributed by atoms with van der Waals surface area (Å²) in [6, 6.07) is 2.19. The van der Waals surface area contributed by atoms with Crippen LogP contribution >= 0.6 is 15.9 Å². The predicted molar refractivity (Wildman–Crippen MR) is 73.6 cm³/mol. The number of aromatic amines is 1. The minimum absolute atomic E-state index is 0.0295. The Morgan fingerprint density at radius 3 is 2.70 bits per heavy atom. The van der Waals surface area contributed by atoms with E-state index in [-0.39, 0.29) is 21.4 Å². The molecular weight excluding hydrogens is 334 g/mol. The second-order valence-electron chi connectivity index (χ2n) is 4.19. The minimum atomic E-state index is -1.08. The lowest BCUT2D eigenvalue weighted by atomic mass is 10.1. The van der Waals surface area contributed by atoms with Gasteiger partial charge in [-0.2, -0.15) is 4.98 Å². The first kappa shape index (κ1) is 14.6. The van der Waals surface area contributed by atoms with Gasteiger partial charge in [0.2, 0.25) is 5.88 Å². The Bertz CT molecular complexity index is 716. The summed E-state index contributed by atoms with van der Waals surface area (Å²) in [6.45, 7) is 1.86. The van der Waals surface area contributed by atoms with Gasteiger partial charge < -0.3 is 10.1 Å². The van der Waals surface area contributed by atoms with Crippen LogP contribution in [0.3, 0.4) is 0 Å². The first-order valence-electron chi connectivity index (χ1n) is 5.91. The molecule has 7 heteroatoms. The number of nitrogens with zero attached hydrogens (tertiary/aromatic N) is 1. The molecule has 0 atom stereocenters. The van der Waals surface area contributed by atoms with Crippen LogP contribution in [0.2, 0.25) is 0 Å². The van der Waals surface area contributed by atoms with E-state index in [1.165, 1.54) is 6.07 Å². The summed E-state index contributed by atoms with van der Waals surface area (Å²) in [5.74, 6) is -2.53. The van der Waals surface area contributed by atoms with Crippen molar-refractivity contribution in [3.8, 4) is 17.3 Å². The molecule has 0 fully saturated rings. The van der Waals surface area contributed by atoms with Gasteiger partial charge in [0, 0.05) is 5.56 Å². The maximum atomic E-state index is 13.5. The van der Waals surface area contributed by atoms with Crippen molar-refractivity contribution in [2.45, 2.75) is 19.8 Å². The summed E-state index contributed by atoms with van der Waals surface area (Å²) in [6.07, 6.45) is 1.06. The zero-order valence-corrected chi connectivity index (χ0v) is 12.1. The molecule has 4 nitrogen and oxygen atoms in total. The van der Waals surface area contributed by atoms with Gasteiger partial charge in [-0.25, -0.2) is 8.78 Å². The van der Waals surface area contributed by atoms with Crippen LogP contribution in [0.15, 0.2) is 21.4 Å². The number of halogens is 3.